The molecule has 0 spiro atoms. The summed E-state index contributed by atoms with van der Waals surface area (Å²) in [4.78, 5) is 0. The maximum absolute atomic E-state index is 9.51. The number of hydrogen-bond donors (Lipinski definition) is 2. The zero-order valence-corrected chi connectivity index (χ0v) is 7.71. The van der Waals surface area contributed by atoms with E-state index in [4.69, 9.17) is 22.0 Å². The molecule has 1 unspecified atom stereocenters. The van der Waals surface area contributed by atoms with E-state index in [2.05, 4.69) is 0 Å². The minimum Gasteiger partial charge on any atom is -0.506 e. The Bertz CT molecular complexity index is 368. The molecule has 0 radical (unpaired) electrons. The molecule has 0 bridgehead atoms. The fraction of sp³-hybridized carbons (Fsp3) is 0.222. The second-order valence-corrected chi connectivity index (χ2v) is 3.26. The molecule has 0 fully saturated rings. The fourth-order valence-corrected chi connectivity index (χ4v) is 1.05. The Morgan fingerprint density at radius 1 is 1.54 bits per heavy atom. The van der Waals surface area contributed by atoms with Gasteiger partial charge in [0.05, 0.1) is 5.02 Å². The highest BCUT2D eigenvalue weighted by Crippen LogP contribution is 2.28. The van der Waals surface area contributed by atoms with Gasteiger partial charge in [0.25, 0.3) is 0 Å². The molecule has 0 aliphatic carbocycles. The van der Waals surface area contributed by atoms with Crippen molar-refractivity contribution in [3.63, 3.8) is 0 Å². The van der Waals surface area contributed by atoms with E-state index in [1.807, 2.05) is 0 Å². The molecule has 1 rings (SSSR count). The van der Waals surface area contributed by atoms with Crippen LogP contribution in [0.2, 0.25) is 5.02 Å². The standard InChI is InChI=1S/C9H8ClNO2/c1-9(13,5-11)6-2-3-8(12)7(10)4-6/h2-4,12-13H,1H3. The van der Waals surface area contributed by atoms with E-state index in [1.54, 1.807) is 6.07 Å². The minimum absolute atomic E-state index is 0.0702. The number of hydrogen-bond acceptors (Lipinski definition) is 3. The quantitative estimate of drug-likeness (QED) is 0.675. The van der Waals surface area contributed by atoms with E-state index < -0.39 is 5.60 Å². The van der Waals surface area contributed by atoms with Gasteiger partial charge in [-0.1, -0.05) is 17.7 Å². The van der Waals surface area contributed by atoms with E-state index in [1.165, 1.54) is 25.1 Å². The molecule has 1 atom stereocenters. The molecule has 1 aromatic rings. The summed E-state index contributed by atoms with van der Waals surface area (Å²) in [6, 6.07) is 5.87. The molecule has 0 aliphatic rings. The number of nitrogens with zero attached hydrogens (tertiary/aromatic N) is 1. The lowest BCUT2D eigenvalue weighted by atomic mass is 9.98. The predicted molar refractivity (Wildman–Crippen MR) is 48.3 cm³/mol. The van der Waals surface area contributed by atoms with Crippen LogP contribution in [0, 0.1) is 11.3 Å². The first-order valence-corrected chi connectivity index (χ1v) is 3.98. The second-order valence-electron chi connectivity index (χ2n) is 2.85. The summed E-state index contributed by atoms with van der Waals surface area (Å²) in [5.74, 6) is -0.0702. The highest BCUT2D eigenvalue weighted by atomic mass is 35.5. The summed E-state index contributed by atoms with van der Waals surface area (Å²) in [5.41, 5.74) is -1.21. The Morgan fingerprint density at radius 3 is 2.62 bits per heavy atom. The molecule has 68 valence electrons. The van der Waals surface area contributed by atoms with E-state index in [0.717, 1.165) is 0 Å². The van der Waals surface area contributed by atoms with Crippen LogP contribution in [0.15, 0.2) is 18.2 Å². The normalized spacial score (nSPS) is 14.6. The van der Waals surface area contributed by atoms with Gasteiger partial charge in [0.2, 0.25) is 0 Å². The van der Waals surface area contributed by atoms with Crippen molar-refractivity contribution < 1.29 is 10.2 Å². The van der Waals surface area contributed by atoms with E-state index in [-0.39, 0.29) is 10.8 Å². The summed E-state index contributed by atoms with van der Waals surface area (Å²) < 4.78 is 0. The summed E-state index contributed by atoms with van der Waals surface area (Å²) in [5, 5.41) is 27.3. The topological polar surface area (TPSA) is 64.2 Å². The van der Waals surface area contributed by atoms with Crippen LogP contribution in [0.1, 0.15) is 12.5 Å². The second kappa shape index (κ2) is 3.25. The summed E-state index contributed by atoms with van der Waals surface area (Å²) in [7, 11) is 0. The monoisotopic (exact) mass is 197 g/mol. The van der Waals surface area contributed by atoms with Crippen LogP contribution in [-0.2, 0) is 5.60 Å². The van der Waals surface area contributed by atoms with Gasteiger partial charge in [-0.3, -0.25) is 0 Å². The number of aromatic hydroxyl groups is 1. The molecule has 0 heterocycles. The third-order valence-electron chi connectivity index (χ3n) is 1.73. The molecule has 1 aromatic carbocycles. The molecule has 0 aromatic heterocycles. The molecule has 0 aliphatic heterocycles. The number of nitriles is 1. The Kier molecular flexibility index (Phi) is 2.46. The Balaban J connectivity index is 3.20. The smallest absolute Gasteiger partial charge is 0.173 e. The molecule has 2 N–H and O–H groups in total. The highest BCUT2D eigenvalue weighted by molar-refractivity contribution is 6.32. The number of halogens is 1. The van der Waals surface area contributed by atoms with Gasteiger partial charge >= 0.3 is 0 Å². The third-order valence-corrected chi connectivity index (χ3v) is 2.03. The average molecular weight is 198 g/mol. The Labute approximate surface area is 80.8 Å². The summed E-state index contributed by atoms with van der Waals surface area (Å²) in [6.45, 7) is 1.36. The van der Waals surface area contributed by atoms with Gasteiger partial charge in [-0.15, -0.1) is 0 Å². The van der Waals surface area contributed by atoms with Crippen LogP contribution in [0.4, 0.5) is 0 Å². The predicted octanol–water partition coefficient (Wildman–Crippen LogP) is 1.78. The zero-order chi connectivity index (χ0) is 10.1. The number of aliphatic hydroxyl groups is 1. The van der Waals surface area contributed by atoms with Crippen LogP contribution in [0.25, 0.3) is 0 Å². The molecule has 3 nitrogen and oxygen atoms in total. The largest absolute Gasteiger partial charge is 0.506 e. The lowest BCUT2D eigenvalue weighted by Gasteiger charge is -2.14. The van der Waals surface area contributed by atoms with Crippen molar-refractivity contribution in [2.45, 2.75) is 12.5 Å². The fourth-order valence-electron chi connectivity index (χ4n) is 0.874. The lowest BCUT2D eigenvalue weighted by Crippen LogP contribution is -2.17. The first-order chi connectivity index (χ1) is 5.97. The van der Waals surface area contributed by atoms with Crippen molar-refractivity contribution >= 4 is 11.6 Å². The van der Waals surface area contributed by atoms with Crippen molar-refractivity contribution in [2.24, 2.45) is 0 Å². The molecular formula is C9H8ClNO2. The lowest BCUT2D eigenvalue weighted by molar-refractivity contribution is 0.119. The summed E-state index contributed by atoms with van der Waals surface area (Å²) in [6.07, 6.45) is 0. The molecule has 0 saturated heterocycles. The third kappa shape index (κ3) is 1.92. The van der Waals surface area contributed by atoms with Crippen molar-refractivity contribution in [3.05, 3.63) is 28.8 Å². The van der Waals surface area contributed by atoms with Gasteiger partial charge in [0, 0.05) is 0 Å². The van der Waals surface area contributed by atoms with E-state index in [0.29, 0.717) is 5.56 Å². The zero-order valence-electron chi connectivity index (χ0n) is 6.95. The van der Waals surface area contributed by atoms with Gasteiger partial charge in [0.1, 0.15) is 11.8 Å². The number of phenols is 1. The Hall–Kier alpha value is -1.24. The maximum atomic E-state index is 9.51. The van der Waals surface area contributed by atoms with E-state index >= 15 is 0 Å². The maximum Gasteiger partial charge on any atom is 0.173 e. The Morgan fingerprint density at radius 2 is 2.15 bits per heavy atom. The van der Waals surface area contributed by atoms with Crippen LogP contribution in [-0.4, -0.2) is 10.2 Å². The molecular weight excluding hydrogens is 190 g/mol. The van der Waals surface area contributed by atoms with Crippen LogP contribution in [0.5, 0.6) is 5.75 Å². The average Bonchev–Trinajstić information content (AvgIpc) is 2.09. The molecule has 0 amide bonds. The van der Waals surface area contributed by atoms with E-state index in [9.17, 15) is 5.11 Å². The van der Waals surface area contributed by atoms with Gasteiger partial charge in [-0.2, -0.15) is 5.26 Å². The van der Waals surface area contributed by atoms with Gasteiger partial charge in [-0.05, 0) is 24.6 Å². The van der Waals surface area contributed by atoms with Crippen molar-refractivity contribution in [1.29, 1.82) is 5.26 Å². The molecule has 0 saturated carbocycles. The van der Waals surface area contributed by atoms with Crippen LogP contribution in [0.3, 0.4) is 0 Å². The van der Waals surface area contributed by atoms with Crippen LogP contribution >= 0.6 is 11.6 Å². The minimum atomic E-state index is -1.57. The van der Waals surface area contributed by atoms with Gasteiger partial charge in [-0.25, -0.2) is 0 Å². The number of rotatable bonds is 1. The van der Waals surface area contributed by atoms with Crippen molar-refractivity contribution in [2.75, 3.05) is 0 Å². The van der Waals surface area contributed by atoms with Gasteiger partial charge in [0.15, 0.2) is 5.60 Å². The summed E-state index contributed by atoms with van der Waals surface area (Å²) >= 11 is 5.61. The first kappa shape index (κ1) is 9.85. The van der Waals surface area contributed by atoms with Gasteiger partial charge < -0.3 is 10.2 Å². The van der Waals surface area contributed by atoms with Crippen molar-refractivity contribution in [3.8, 4) is 11.8 Å². The number of phenolic OH excluding ortho intramolecular Hbond substituents is 1. The molecule has 13 heavy (non-hydrogen) atoms. The van der Waals surface area contributed by atoms with Crippen LogP contribution < -0.4 is 0 Å². The van der Waals surface area contributed by atoms with Crippen molar-refractivity contribution in [1.82, 2.24) is 0 Å². The highest BCUT2D eigenvalue weighted by Gasteiger charge is 2.22. The number of benzene rings is 1. The SMILES string of the molecule is CC(O)(C#N)c1ccc(O)c(Cl)c1. The first-order valence-electron chi connectivity index (χ1n) is 3.60. The molecule has 4 heteroatoms.